The highest BCUT2D eigenvalue weighted by molar-refractivity contribution is 5.99. The molecule has 8 nitrogen and oxygen atoms in total. The molecule has 0 radical (unpaired) electrons. The van der Waals surface area contributed by atoms with Crippen LogP contribution in [-0.2, 0) is 22.6 Å². The number of nitrogens with zero attached hydrogens (tertiary/aromatic N) is 2. The lowest BCUT2D eigenvalue weighted by Crippen LogP contribution is -2.31. The summed E-state index contributed by atoms with van der Waals surface area (Å²) in [6.45, 7) is 3.92. The Labute approximate surface area is 174 Å². The monoisotopic (exact) mass is 413 g/mol. The van der Waals surface area contributed by atoms with E-state index in [1.807, 2.05) is 19.9 Å². The zero-order chi connectivity index (χ0) is 21.7. The van der Waals surface area contributed by atoms with Gasteiger partial charge in [0.25, 0.3) is 5.56 Å². The van der Waals surface area contributed by atoms with Crippen LogP contribution in [-0.4, -0.2) is 32.5 Å². The first-order valence-corrected chi connectivity index (χ1v) is 10.2. The van der Waals surface area contributed by atoms with Gasteiger partial charge >= 0.3 is 11.7 Å². The molecule has 0 fully saturated rings. The van der Waals surface area contributed by atoms with Crippen molar-refractivity contribution in [2.75, 3.05) is 6.61 Å². The number of H-pyrrole nitrogens is 1. The highest BCUT2D eigenvalue weighted by atomic mass is 16.5. The van der Waals surface area contributed by atoms with E-state index in [1.165, 1.54) is 24.6 Å². The molecular weight excluding hydrogens is 386 g/mol. The summed E-state index contributed by atoms with van der Waals surface area (Å²) in [5.41, 5.74) is 2.63. The van der Waals surface area contributed by atoms with Gasteiger partial charge in [-0.15, -0.1) is 0 Å². The molecule has 0 spiro atoms. The van der Waals surface area contributed by atoms with E-state index in [-0.39, 0.29) is 12.3 Å². The quantitative estimate of drug-likeness (QED) is 0.406. The highest BCUT2D eigenvalue weighted by Crippen LogP contribution is 2.23. The summed E-state index contributed by atoms with van der Waals surface area (Å²) in [4.78, 5) is 49.3. The van der Waals surface area contributed by atoms with Crippen molar-refractivity contribution >= 4 is 11.8 Å². The van der Waals surface area contributed by atoms with Gasteiger partial charge in [0.15, 0.2) is 6.61 Å². The summed E-state index contributed by atoms with van der Waals surface area (Å²) in [7, 11) is 0. The van der Waals surface area contributed by atoms with Crippen molar-refractivity contribution in [3.8, 4) is 0 Å². The molecule has 8 heteroatoms. The number of nitrogens with one attached hydrogen (secondary N) is 1. The Kier molecular flexibility index (Phi) is 6.87. The topological polar surface area (TPSA) is 103 Å². The molecular formula is C22H27N3O5. The molecule has 1 aliphatic carbocycles. The maximum absolute atomic E-state index is 12.6. The minimum absolute atomic E-state index is 0.284. The number of carbonyl (C=O) groups excluding carboxylic acids is 2. The van der Waals surface area contributed by atoms with Crippen LogP contribution in [0.15, 0.2) is 39.6 Å². The molecule has 0 aliphatic heterocycles. The van der Waals surface area contributed by atoms with Crippen LogP contribution < -0.4 is 11.2 Å². The van der Waals surface area contributed by atoms with Gasteiger partial charge < -0.3 is 9.30 Å². The average molecular weight is 413 g/mol. The van der Waals surface area contributed by atoms with E-state index in [9.17, 15) is 19.2 Å². The lowest BCUT2D eigenvalue weighted by Gasteiger charge is -2.15. The van der Waals surface area contributed by atoms with E-state index in [0.717, 1.165) is 47.8 Å². The Morgan fingerprint density at radius 2 is 2.00 bits per heavy atom. The van der Waals surface area contributed by atoms with Gasteiger partial charge in [0.05, 0.1) is 0 Å². The lowest BCUT2D eigenvalue weighted by molar-refractivity contribution is -0.143. The summed E-state index contributed by atoms with van der Waals surface area (Å²) in [6.07, 6.45) is 9.33. The third-order valence-corrected chi connectivity index (χ3v) is 5.48. The van der Waals surface area contributed by atoms with E-state index in [2.05, 4.69) is 15.6 Å². The van der Waals surface area contributed by atoms with Gasteiger partial charge in [-0.25, -0.2) is 4.79 Å². The van der Waals surface area contributed by atoms with E-state index >= 15 is 0 Å². The minimum atomic E-state index is -0.726. The molecule has 0 aromatic carbocycles. The molecule has 30 heavy (non-hydrogen) atoms. The van der Waals surface area contributed by atoms with Gasteiger partial charge in [0, 0.05) is 35.8 Å². The Bertz CT molecular complexity index is 1090. The number of hydrogen-bond donors (Lipinski definition) is 1. The van der Waals surface area contributed by atoms with Crippen molar-refractivity contribution in [2.24, 2.45) is 0 Å². The van der Waals surface area contributed by atoms with E-state index in [4.69, 9.17) is 4.74 Å². The molecule has 160 valence electrons. The lowest BCUT2D eigenvalue weighted by atomic mass is 9.97. The largest absolute Gasteiger partial charge is 0.456 e. The summed E-state index contributed by atoms with van der Waals surface area (Å²) in [6, 6.07) is 2.96. The fourth-order valence-electron chi connectivity index (χ4n) is 3.79. The Hall–Kier alpha value is -3.16. The smallest absolute Gasteiger partial charge is 0.328 e. The molecule has 3 rings (SSSR count). The molecule has 2 heterocycles. The number of aromatic nitrogens is 3. The van der Waals surface area contributed by atoms with Gasteiger partial charge in [-0.05, 0) is 52.0 Å². The predicted octanol–water partition coefficient (Wildman–Crippen LogP) is 2.27. The second kappa shape index (κ2) is 9.56. The van der Waals surface area contributed by atoms with Crippen LogP contribution in [0.4, 0.5) is 0 Å². The average Bonchev–Trinajstić information content (AvgIpc) is 3.01. The number of carbonyl (C=O) groups is 2. The van der Waals surface area contributed by atoms with Gasteiger partial charge in [0.1, 0.15) is 6.54 Å². The first-order valence-electron chi connectivity index (χ1n) is 10.2. The second-order valence-electron chi connectivity index (χ2n) is 7.62. The highest BCUT2D eigenvalue weighted by Gasteiger charge is 2.18. The minimum Gasteiger partial charge on any atom is -0.456 e. The molecule has 0 amide bonds. The maximum atomic E-state index is 12.6. The first-order chi connectivity index (χ1) is 14.3. The molecule has 0 bridgehead atoms. The number of ketones is 1. The van der Waals surface area contributed by atoms with Crippen molar-refractivity contribution in [1.29, 1.82) is 0 Å². The normalized spacial score (nSPS) is 13.7. The molecule has 1 aliphatic rings. The van der Waals surface area contributed by atoms with E-state index < -0.39 is 23.8 Å². The molecule has 2 aromatic heterocycles. The Morgan fingerprint density at radius 3 is 2.70 bits per heavy atom. The Morgan fingerprint density at radius 1 is 1.20 bits per heavy atom. The number of aryl methyl sites for hydroxylation is 1. The first kappa shape index (κ1) is 21.5. The van der Waals surface area contributed by atoms with Gasteiger partial charge in [0.2, 0.25) is 5.78 Å². The van der Waals surface area contributed by atoms with Crippen molar-refractivity contribution < 1.29 is 14.3 Å². The van der Waals surface area contributed by atoms with E-state index in [1.54, 1.807) is 0 Å². The van der Waals surface area contributed by atoms with Gasteiger partial charge in [-0.3, -0.25) is 23.9 Å². The summed E-state index contributed by atoms with van der Waals surface area (Å²) >= 11 is 0. The number of Topliss-reactive ketones (excluding diaryl/α,β-unsaturated/α-hetero) is 1. The van der Waals surface area contributed by atoms with Crippen molar-refractivity contribution in [1.82, 2.24) is 14.1 Å². The standard InChI is InChI=1S/C22H27N3O5/c1-15-12-18(16(2)25(15)11-8-17-6-4-3-5-7-17)19(26)14-30-21(28)13-24-10-9-20(27)23-22(24)29/h6,9-10,12H,3-5,7-8,11,13-14H2,1-2H3,(H,23,27,29). The number of allylic oxidation sites excluding steroid dienone is 2. The summed E-state index contributed by atoms with van der Waals surface area (Å²) < 4.78 is 8.19. The molecule has 0 saturated carbocycles. The zero-order valence-corrected chi connectivity index (χ0v) is 17.4. The zero-order valence-electron chi connectivity index (χ0n) is 17.4. The number of rotatable bonds is 8. The fourth-order valence-corrected chi connectivity index (χ4v) is 3.79. The van der Waals surface area contributed by atoms with Crippen molar-refractivity contribution in [2.45, 2.75) is 59.0 Å². The number of ether oxygens (including phenoxy) is 1. The third-order valence-electron chi connectivity index (χ3n) is 5.48. The maximum Gasteiger partial charge on any atom is 0.328 e. The van der Waals surface area contributed by atoms with Crippen LogP contribution in [0.5, 0.6) is 0 Å². The van der Waals surface area contributed by atoms with Crippen LogP contribution in [0.25, 0.3) is 0 Å². The van der Waals surface area contributed by atoms with Crippen molar-refractivity contribution in [3.63, 3.8) is 0 Å². The van der Waals surface area contributed by atoms with Crippen LogP contribution in [0, 0.1) is 13.8 Å². The molecule has 1 N–H and O–H groups in total. The predicted molar refractivity (Wildman–Crippen MR) is 112 cm³/mol. The number of hydrogen-bond acceptors (Lipinski definition) is 5. The number of esters is 1. The second-order valence-corrected chi connectivity index (χ2v) is 7.62. The summed E-state index contributed by atoms with van der Waals surface area (Å²) in [5.74, 6) is -1.01. The van der Waals surface area contributed by atoms with E-state index in [0.29, 0.717) is 5.56 Å². The van der Waals surface area contributed by atoms with Crippen LogP contribution >= 0.6 is 0 Å². The molecule has 2 aromatic rings. The van der Waals surface area contributed by atoms with Crippen LogP contribution in [0.1, 0.15) is 53.8 Å². The van der Waals surface area contributed by atoms with Gasteiger partial charge in [-0.2, -0.15) is 0 Å². The van der Waals surface area contributed by atoms with Crippen molar-refractivity contribution in [3.05, 3.63) is 67.8 Å². The van der Waals surface area contributed by atoms with Crippen LogP contribution in [0.3, 0.4) is 0 Å². The molecule has 0 saturated heterocycles. The Balaban J connectivity index is 1.58. The summed E-state index contributed by atoms with van der Waals surface area (Å²) in [5, 5.41) is 0. The number of aromatic amines is 1. The third kappa shape index (κ3) is 5.25. The fraction of sp³-hybridized carbons (Fsp3) is 0.455. The SMILES string of the molecule is Cc1cc(C(=O)COC(=O)Cn2ccc(=O)[nH]c2=O)c(C)n1CCC1=CCCCC1. The molecule has 0 unspecified atom stereocenters. The molecule has 0 atom stereocenters. The van der Waals surface area contributed by atoms with Gasteiger partial charge in [-0.1, -0.05) is 11.6 Å². The van der Waals surface area contributed by atoms with Crippen LogP contribution in [0.2, 0.25) is 0 Å².